The summed E-state index contributed by atoms with van der Waals surface area (Å²) in [6.07, 6.45) is 3.25. The molecule has 0 bridgehead atoms. The number of benzene rings is 1. The van der Waals surface area contributed by atoms with Gasteiger partial charge in [0, 0.05) is 24.5 Å². The molecule has 2 heterocycles. The Kier molecular flexibility index (Phi) is 3.43. The molecule has 0 aliphatic rings. The Labute approximate surface area is 120 Å². The van der Waals surface area contributed by atoms with Gasteiger partial charge in [0.15, 0.2) is 5.13 Å². The van der Waals surface area contributed by atoms with Gasteiger partial charge in [-0.1, -0.05) is 23.5 Å². The van der Waals surface area contributed by atoms with Crippen LogP contribution in [0.1, 0.15) is 17.3 Å². The van der Waals surface area contributed by atoms with E-state index in [0.29, 0.717) is 12.1 Å². The number of hydrogen-bond acceptors (Lipinski definition) is 4. The first-order valence-electron chi connectivity index (χ1n) is 6.37. The van der Waals surface area contributed by atoms with Gasteiger partial charge in [-0.25, -0.2) is 4.98 Å². The summed E-state index contributed by atoms with van der Waals surface area (Å²) in [5, 5.41) is 0.732. The van der Waals surface area contributed by atoms with Gasteiger partial charge in [-0.05, 0) is 31.2 Å². The van der Waals surface area contributed by atoms with Crippen LogP contribution >= 0.6 is 11.3 Å². The van der Waals surface area contributed by atoms with Gasteiger partial charge in [0.1, 0.15) is 0 Å². The van der Waals surface area contributed by atoms with Crippen LogP contribution in [0.5, 0.6) is 0 Å². The Morgan fingerprint density at radius 1 is 1.20 bits per heavy atom. The summed E-state index contributed by atoms with van der Waals surface area (Å²) in [4.78, 5) is 22.7. The maximum atomic E-state index is 12.5. The van der Waals surface area contributed by atoms with Crippen LogP contribution in [0.2, 0.25) is 0 Å². The van der Waals surface area contributed by atoms with Crippen LogP contribution in [0.3, 0.4) is 0 Å². The third-order valence-electron chi connectivity index (χ3n) is 3.00. The zero-order valence-electron chi connectivity index (χ0n) is 11.0. The Bertz CT molecular complexity index is 706. The molecule has 0 unspecified atom stereocenters. The van der Waals surface area contributed by atoms with Crippen molar-refractivity contribution in [3.8, 4) is 0 Å². The molecular formula is C15H13N3OS. The van der Waals surface area contributed by atoms with Gasteiger partial charge >= 0.3 is 0 Å². The highest BCUT2D eigenvalue weighted by molar-refractivity contribution is 7.22. The Balaban J connectivity index is 1.99. The summed E-state index contributed by atoms with van der Waals surface area (Å²) in [5.41, 5.74) is 1.55. The molecule has 0 saturated carbocycles. The minimum Gasteiger partial charge on any atom is -0.284 e. The molecule has 20 heavy (non-hydrogen) atoms. The van der Waals surface area contributed by atoms with Gasteiger partial charge in [-0.2, -0.15) is 0 Å². The van der Waals surface area contributed by atoms with Gasteiger partial charge in [0.25, 0.3) is 5.91 Å². The lowest BCUT2D eigenvalue weighted by atomic mass is 10.2. The molecule has 5 heteroatoms. The molecule has 0 aliphatic carbocycles. The number of carbonyl (C=O) groups excluding carboxylic acids is 1. The Hall–Kier alpha value is -2.27. The number of rotatable bonds is 3. The van der Waals surface area contributed by atoms with E-state index >= 15 is 0 Å². The molecule has 2 aromatic heterocycles. The van der Waals surface area contributed by atoms with Gasteiger partial charge in [0.2, 0.25) is 0 Å². The third kappa shape index (κ3) is 2.28. The number of aromatic nitrogens is 2. The van der Waals surface area contributed by atoms with Crippen molar-refractivity contribution in [3.05, 3.63) is 54.4 Å². The van der Waals surface area contributed by atoms with Gasteiger partial charge in [-0.15, -0.1) is 0 Å². The molecule has 3 aromatic rings. The van der Waals surface area contributed by atoms with Gasteiger partial charge < -0.3 is 0 Å². The van der Waals surface area contributed by atoms with Crippen molar-refractivity contribution in [1.82, 2.24) is 9.97 Å². The summed E-state index contributed by atoms with van der Waals surface area (Å²) >= 11 is 1.53. The van der Waals surface area contributed by atoms with Crippen LogP contribution in [0.4, 0.5) is 5.13 Å². The van der Waals surface area contributed by atoms with E-state index in [-0.39, 0.29) is 5.91 Å². The quantitative estimate of drug-likeness (QED) is 0.740. The largest absolute Gasteiger partial charge is 0.284 e. The lowest BCUT2D eigenvalue weighted by molar-refractivity contribution is 0.0988. The summed E-state index contributed by atoms with van der Waals surface area (Å²) in [5.74, 6) is -0.0473. The van der Waals surface area contributed by atoms with Gasteiger partial charge in [-0.3, -0.25) is 14.7 Å². The number of hydrogen-bond donors (Lipinski definition) is 0. The molecule has 0 radical (unpaired) electrons. The van der Waals surface area contributed by atoms with Crippen LogP contribution in [0.25, 0.3) is 10.2 Å². The second kappa shape index (κ2) is 5.38. The fourth-order valence-electron chi connectivity index (χ4n) is 1.99. The highest BCUT2D eigenvalue weighted by Gasteiger charge is 2.19. The average molecular weight is 283 g/mol. The smallest absolute Gasteiger partial charge is 0.260 e. The number of carbonyl (C=O) groups is 1. The maximum Gasteiger partial charge on any atom is 0.260 e. The minimum atomic E-state index is -0.0473. The highest BCUT2D eigenvalue weighted by Crippen LogP contribution is 2.29. The monoisotopic (exact) mass is 283 g/mol. The van der Waals surface area contributed by atoms with E-state index in [2.05, 4.69) is 9.97 Å². The molecule has 100 valence electrons. The molecule has 1 aromatic carbocycles. The van der Waals surface area contributed by atoms with E-state index in [0.717, 1.165) is 15.3 Å². The first-order valence-corrected chi connectivity index (χ1v) is 7.18. The lowest BCUT2D eigenvalue weighted by Crippen LogP contribution is -2.30. The van der Waals surface area contributed by atoms with Crippen LogP contribution in [-0.4, -0.2) is 22.4 Å². The zero-order valence-corrected chi connectivity index (χ0v) is 11.8. The summed E-state index contributed by atoms with van der Waals surface area (Å²) in [6.45, 7) is 2.53. The van der Waals surface area contributed by atoms with Crippen molar-refractivity contribution in [3.63, 3.8) is 0 Å². The van der Waals surface area contributed by atoms with E-state index in [1.807, 2.05) is 31.2 Å². The summed E-state index contributed by atoms with van der Waals surface area (Å²) < 4.78 is 1.09. The first-order chi connectivity index (χ1) is 9.79. The molecule has 0 saturated heterocycles. The number of amides is 1. The van der Waals surface area contributed by atoms with E-state index in [9.17, 15) is 4.79 Å². The summed E-state index contributed by atoms with van der Waals surface area (Å²) in [6, 6.07) is 11.3. The Morgan fingerprint density at radius 2 is 1.95 bits per heavy atom. The first kappa shape index (κ1) is 12.7. The highest BCUT2D eigenvalue weighted by atomic mass is 32.1. The van der Waals surface area contributed by atoms with E-state index < -0.39 is 0 Å². The van der Waals surface area contributed by atoms with Crippen molar-refractivity contribution in [2.24, 2.45) is 0 Å². The van der Waals surface area contributed by atoms with Crippen LogP contribution in [-0.2, 0) is 0 Å². The predicted molar refractivity (Wildman–Crippen MR) is 81.2 cm³/mol. The SMILES string of the molecule is CCN(C(=O)c1ccncc1)c1nc2ccccc2s1. The number of para-hydroxylation sites is 1. The molecule has 3 rings (SSSR count). The number of nitrogens with zero attached hydrogens (tertiary/aromatic N) is 3. The number of fused-ring (bicyclic) bond motifs is 1. The third-order valence-corrected chi connectivity index (χ3v) is 4.06. The van der Waals surface area contributed by atoms with Crippen LogP contribution < -0.4 is 4.90 Å². The lowest BCUT2D eigenvalue weighted by Gasteiger charge is -2.17. The maximum absolute atomic E-state index is 12.5. The molecule has 0 aliphatic heterocycles. The van der Waals surface area contributed by atoms with Crippen LogP contribution in [0.15, 0.2) is 48.8 Å². The molecular weight excluding hydrogens is 270 g/mol. The number of thiazole rings is 1. The van der Waals surface area contributed by atoms with E-state index in [4.69, 9.17) is 0 Å². The fraction of sp³-hybridized carbons (Fsp3) is 0.133. The van der Waals surface area contributed by atoms with Gasteiger partial charge in [0.05, 0.1) is 10.2 Å². The topological polar surface area (TPSA) is 46.1 Å². The zero-order chi connectivity index (χ0) is 13.9. The second-order valence-electron chi connectivity index (χ2n) is 4.25. The standard InChI is InChI=1S/C15H13N3OS/c1-2-18(14(19)11-7-9-16-10-8-11)15-17-12-5-3-4-6-13(12)20-15/h3-10H,2H2,1H3. The van der Waals surface area contributed by atoms with E-state index in [1.165, 1.54) is 11.3 Å². The molecule has 4 nitrogen and oxygen atoms in total. The van der Waals surface area contributed by atoms with Crippen molar-refractivity contribution in [2.45, 2.75) is 6.92 Å². The molecule has 0 spiro atoms. The second-order valence-corrected chi connectivity index (χ2v) is 5.26. The van der Waals surface area contributed by atoms with E-state index in [1.54, 1.807) is 29.4 Å². The number of pyridine rings is 1. The summed E-state index contributed by atoms with van der Waals surface area (Å²) in [7, 11) is 0. The molecule has 0 fully saturated rings. The van der Waals surface area contributed by atoms with Crippen molar-refractivity contribution < 1.29 is 4.79 Å². The van der Waals surface area contributed by atoms with Crippen molar-refractivity contribution >= 4 is 32.6 Å². The molecule has 1 amide bonds. The molecule has 0 N–H and O–H groups in total. The van der Waals surface area contributed by atoms with Crippen molar-refractivity contribution in [2.75, 3.05) is 11.4 Å². The molecule has 0 atom stereocenters. The fourth-order valence-corrected chi connectivity index (χ4v) is 3.02. The average Bonchev–Trinajstić information content (AvgIpc) is 2.92. The predicted octanol–water partition coefficient (Wildman–Crippen LogP) is 3.36. The Morgan fingerprint density at radius 3 is 2.65 bits per heavy atom. The normalized spacial score (nSPS) is 10.7. The van der Waals surface area contributed by atoms with Crippen molar-refractivity contribution in [1.29, 1.82) is 0 Å². The van der Waals surface area contributed by atoms with Crippen LogP contribution in [0, 0.1) is 0 Å². The minimum absolute atomic E-state index is 0.0473. The number of anilines is 1.